The number of nitrogens with zero attached hydrogens (tertiary/aromatic N) is 3. The zero-order valence-electron chi connectivity index (χ0n) is 8.91. The molecule has 0 spiro atoms. The molecular formula is C9H12F3N5. The van der Waals surface area contributed by atoms with Crippen LogP contribution in [-0.2, 0) is 6.18 Å². The first kappa shape index (κ1) is 12.0. The van der Waals surface area contributed by atoms with Gasteiger partial charge >= 0.3 is 6.18 Å². The molecule has 0 aromatic carbocycles. The summed E-state index contributed by atoms with van der Waals surface area (Å²) in [5.41, 5.74) is 4.62. The highest BCUT2D eigenvalue weighted by molar-refractivity contribution is 5.24. The SMILES string of the molecule is N[C@H]1CC[C@H](Nc2ncc(C(F)(F)F)nn2)C1. The lowest BCUT2D eigenvalue weighted by Crippen LogP contribution is -2.22. The lowest BCUT2D eigenvalue weighted by molar-refractivity contribution is -0.142. The van der Waals surface area contributed by atoms with Crippen LogP contribution in [0.3, 0.4) is 0 Å². The average Bonchev–Trinajstić information content (AvgIpc) is 2.63. The third-order valence-electron chi connectivity index (χ3n) is 2.66. The number of hydrogen-bond acceptors (Lipinski definition) is 5. The Balaban J connectivity index is 1.99. The Hall–Kier alpha value is -1.44. The molecule has 1 aromatic rings. The van der Waals surface area contributed by atoms with E-state index in [0.717, 1.165) is 19.3 Å². The Morgan fingerprint density at radius 2 is 2.06 bits per heavy atom. The quantitative estimate of drug-likeness (QED) is 0.820. The van der Waals surface area contributed by atoms with E-state index < -0.39 is 11.9 Å². The van der Waals surface area contributed by atoms with E-state index in [4.69, 9.17) is 5.73 Å². The Labute approximate surface area is 95.6 Å². The third-order valence-corrected chi connectivity index (χ3v) is 2.66. The van der Waals surface area contributed by atoms with Crippen LogP contribution in [0.2, 0.25) is 0 Å². The zero-order chi connectivity index (χ0) is 12.5. The minimum Gasteiger partial charge on any atom is -0.350 e. The molecule has 2 rings (SSSR count). The summed E-state index contributed by atoms with van der Waals surface area (Å²) in [4.78, 5) is 3.59. The maximum absolute atomic E-state index is 12.2. The smallest absolute Gasteiger partial charge is 0.350 e. The van der Waals surface area contributed by atoms with Gasteiger partial charge in [0.1, 0.15) is 0 Å². The summed E-state index contributed by atoms with van der Waals surface area (Å²) >= 11 is 0. The maximum Gasteiger partial charge on any atom is 0.436 e. The van der Waals surface area contributed by atoms with Crippen molar-refractivity contribution in [3.05, 3.63) is 11.9 Å². The van der Waals surface area contributed by atoms with Gasteiger partial charge in [0, 0.05) is 12.1 Å². The first-order chi connectivity index (χ1) is 7.95. The van der Waals surface area contributed by atoms with Crippen molar-refractivity contribution in [3.8, 4) is 0 Å². The average molecular weight is 247 g/mol. The summed E-state index contributed by atoms with van der Waals surface area (Å²) in [5.74, 6) is 0.108. The molecule has 0 unspecified atom stereocenters. The van der Waals surface area contributed by atoms with E-state index in [-0.39, 0.29) is 18.0 Å². The van der Waals surface area contributed by atoms with E-state index in [1.54, 1.807) is 0 Å². The molecule has 1 saturated carbocycles. The van der Waals surface area contributed by atoms with Gasteiger partial charge in [-0.25, -0.2) is 4.98 Å². The molecule has 0 saturated heterocycles. The van der Waals surface area contributed by atoms with Gasteiger partial charge in [-0.05, 0) is 19.3 Å². The van der Waals surface area contributed by atoms with Gasteiger partial charge in [0.25, 0.3) is 0 Å². The van der Waals surface area contributed by atoms with E-state index in [1.807, 2.05) is 0 Å². The Kier molecular flexibility index (Phi) is 3.14. The number of nitrogens with one attached hydrogen (secondary N) is 1. The van der Waals surface area contributed by atoms with Crippen molar-refractivity contribution >= 4 is 5.95 Å². The Morgan fingerprint density at radius 3 is 2.53 bits per heavy atom. The van der Waals surface area contributed by atoms with Gasteiger partial charge in [-0.1, -0.05) is 0 Å². The molecule has 1 aliphatic carbocycles. The zero-order valence-corrected chi connectivity index (χ0v) is 8.91. The molecule has 3 N–H and O–H groups in total. The predicted octanol–water partition coefficient (Wildman–Crippen LogP) is 1.18. The maximum atomic E-state index is 12.2. The highest BCUT2D eigenvalue weighted by atomic mass is 19.4. The van der Waals surface area contributed by atoms with E-state index >= 15 is 0 Å². The first-order valence-corrected chi connectivity index (χ1v) is 5.24. The summed E-state index contributed by atoms with van der Waals surface area (Å²) in [7, 11) is 0. The monoisotopic (exact) mass is 247 g/mol. The summed E-state index contributed by atoms with van der Waals surface area (Å²) in [6.07, 6.45) is -1.31. The predicted molar refractivity (Wildman–Crippen MR) is 54.1 cm³/mol. The number of aromatic nitrogens is 3. The molecule has 0 radical (unpaired) electrons. The second-order valence-corrected chi connectivity index (χ2v) is 4.08. The summed E-state index contributed by atoms with van der Waals surface area (Å²) in [6, 6.07) is 0.249. The van der Waals surface area contributed by atoms with E-state index in [1.165, 1.54) is 0 Å². The van der Waals surface area contributed by atoms with E-state index in [2.05, 4.69) is 20.5 Å². The fraction of sp³-hybridized carbons (Fsp3) is 0.667. The second kappa shape index (κ2) is 4.44. The van der Waals surface area contributed by atoms with Crippen molar-refractivity contribution in [2.24, 2.45) is 5.73 Å². The van der Waals surface area contributed by atoms with Crippen molar-refractivity contribution in [1.82, 2.24) is 15.2 Å². The van der Waals surface area contributed by atoms with Crippen LogP contribution < -0.4 is 11.1 Å². The Bertz CT molecular complexity index is 377. The van der Waals surface area contributed by atoms with E-state index in [0.29, 0.717) is 6.20 Å². The molecule has 1 fully saturated rings. The number of halogens is 3. The van der Waals surface area contributed by atoms with Gasteiger partial charge in [0.05, 0.1) is 6.20 Å². The van der Waals surface area contributed by atoms with Crippen LogP contribution in [-0.4, -0.2) is 27.3 Å². The highest BCUT2D eigenvalue weighted by Crippen LogP contribution is 2.26. The van der Waals surface area contributed by atoms with Crippen molar-refractivity contribution in [2.75, 3.05) is 5.32 Å². The topological polar surface area (TPSA) is 76.7 Å². The van der Waals surface area contributed by atoms with Crippen LogP contribution in [0.25, 0.3) is 0 Å². The van der Waals surface area contributed by atoms with Crippen LogP contribution >= 0.6 is 0 Å². The largest absolute Gasteiger partial charge is 0.436 e. The molecule has 1 aliphatic rings. The summed E-state index contributed by atoms with van der Waals surface area (Å²) < 4.78 is 36.6. The lowest BCUT2D eigenvalue weighted by Gasteiger charge is -2.11. The molecule has 0 amide bonds. The minimum atomic E-state index is -4.51. The molecule has 94 valence electrons. The van der Waals surface area contributed by atoms with Crippen molar-refractivity contribution in [3.63, 3.8) is 0 Å². The van der Waals surface area contributed by atoms with Gasteiger partial charge in [-0.2, -0.15) is 13.2 Å². The Morgan fingerprint density at radius 1 is 1.29 bits per heavy atom. The fourth-order valence-corrected chi connectivity index (χ4v) is 1.80. The van der Waals surface area contributed by atoms with Crippen molar-refractivity contribution < 1.29 is 13.2 Å². The summed E-state index contributed by atoms with van der Waals surface area (Å²) in [6.45, 7) is 0. The number of hydrogen-bond donors (Lipinski definition) is 2. The molecule has 0 aliphatic heterocycles. The van der Waals surface area contributed by atoms with Crippen LogP contribution in [0.1, 0.15) is 25.0 Å². The molecule has 5 nitrogen and oxygen atoms in total. The fourth-order valence-electron chi connectivity index (χ4n) is 1.80. The van der Waals surface area contributed by atoms with Gasteiger partial charge in [0.15, 0.2) is 5.69 Å². The minimum absolute atomic E-state index is 0.108. The number of rotatable bonds is 2. The molecule has 1 aromatic heterocycles. The van der Waals surface area contributed by atoms with Gasteiger partial charge < -0.3 is 11.1 Å². The van der Waals surface area contributed by atoms with Gasteiger partial charge in [-0.3, -0.25) is 0 Å². The van der Waals surface area contributed by atoms with Crippen LogP contribution in [0.5, 0.6) is 0 Å². The van der Waals surface area contributed by atoms with Crippen molar-refractivity contribution in [1.29, 1.82) is 0 Å². The number of alkyl halides is 3. The number of anilines is 1. The first-order valence-electron chi connectivity index (χ1n) is 5.24. The molecule has 1 heterocycles. The molecule has 2 atom stereocenters. The highest BCUT2D eigenvalue weighted by Gasteiger charge is 2.33. The lowest BCUT2D eigenvalue weighted by atomic mass is 10.2. The third kappa shape index (κ3) is 3.02. The molecule has 0 bridgehead atoms. The van der Waals surface area contributed by atoms with Crippen LogP contribution in [0.15, 0.2) is 6.20 Å². The molecule has 8 heteroatoms. The van der Waals surface area contributed by atoms with Crippen LogP contribution in [0.4, 0.5) is 19.1 Å². The van der Waals surface area contributed by atoms with Crippen LogP contribution in [0, 0.1) is 0 Å². The summed E-state index contributed by atoms with van der Waals surface area (Å²) in [5, 5.41) is 9.40. The normalized spacial score (nSPS) is 24.9. The second-order valence-electron chi connectivity index (χ2n) is 4.08. The van der Waals surface area contributed by atoms with Crippen molar-refractivity contribution in [2.45, 2.75) is 37.5 Å². The standard InChI is InChI=1S/C9H12F3N5/c10-9(11,12)7-4-14-8(17-16-7)15-6-2-1-5(13)3-6/h4-6H,1-3,13H2,(H,14,15,17)/t5-,6-/m0/s1. The van der Waals surface area contributed by atoms with E-state index in [9.17, 15) is 13.2 Å². The number of nitrogens with two attached hydrogens (primary N) is 1. The molecular weight excluding hydrogens is 235 g/mol. The molecule has 17 heavy (non-hydrogen) atoms. The van der Waals surface area contributed by atoms with Gasteiger partial charge in [-0.15, -0.1) is 10.2 Å². The van der Waals surface area contributed by atoms with Gasteiger partial charge in [0.2, 0.25) is 5.95 Å².